The van der Waals surface area contributed by atoms with Crippen molar-refractivity contribution in [3.05, 3.63) is 30.3 Å². The van der Waals surface area contributed by atoms with E-state index in [0.717, 1.165) is 0 Å². The molecule has 0 aliphatic carbocycles. The van der Waals surface area contributed by atoms with Crippen molar-refractivity contribution in [1.82, 2.24) is 4.31 Å². The number of sulfonamides is 1. The van der Waals surface area contributed by atoms with Gasteiger partial charge in [0.1, 0.15) is 11.9 Å². The van der Waals surface area contributed by atoms with Crippen LogP contribution in [0.4, 0.5) is 0 Å². The molecule has 0 radical (unpaired) electrons. The molecule has 0 aromatic heterocycles. The van der Waals surface area contributed by atoms with Gasteiger partial charge in [-0.15, -0.1) is 0 Å². The summed E-state index contributed by atoms with van der Waals surface area (Å²) in [7, 11) is -4.43. The number of benzene rings is 1. The largest absolute Gasteiger partial charge is 0.337 e. The van der Waals surface area contributed by atoms with Crippen molar-refractivity contribution in [3.8, 4) is 0 Å². The number of carbonyl (C=O) groups is 1. The van der Waals surface area contributed by atoms with Crippen LogP contribution in [-0.4, -0.2) is 52.0 Å². The van der Waals surface area contributed by atoms with E-state index in [9.17, 15) is 17.8 Å². The van der Waals surface area contributed by atoms with E-state index in [2.05, 4.69) is 0 Å². The van der Waals surface area contributed by atoms with Crippen LogP contribution in [0.15, 0.2) is 35.2 Å². The molecular formula is C15H22NO6PS. The molecule has 0 amide bonds. The Kier molecular flexibility index (Phi) is 6.33. The Morgan fingerprint density at radius 3 is 2.21 bits per heavy atom. The van der Waals surface area contributed by atoms with Crippen molar-refractivity contribution in [2.24, 2.45) is 5.92 Å². The average Bonchev–Trinajstić information content (AvgIpc) is 2.62. The zero-order valence-electron chi connectivity index (χ0n) is 13.8. The van der Waals surface area contributed by atoms with E-state index in [4.69, 9.17) is 9.05 Å². The third-order valence-corrected chi connectivity index (χ3v) is 7.92. The zero-order valence-corrected chi connectivity index (χ0v) is 15.5. The zero-order chi connectivity index (χ0) is 17.8. The molecule has 7 nitrogen and oxygen atoms in total. The Morgan fingerprint density at radius 1 is 1.17 bits per heavy atom. The predicted molar refractivity (Wildman–Crippen MR) is 89.4 cm³/mol. The minimum Gasteiger partial charge on any atom is -0.312 e. The third kappa shape index (κ3) is 4.32. The quantitative estimate of drug-likeness (QED) is 0.679. The number of rotatable bonds is 7. The number of hydrogen-bond acceptors (Lipinski definition) is 6. The van der Waals surface area contributed by atoms with Gasteiger partial charge in [0.05, 0.1) is 4.90 Å². The van der Waals surface area contributed by atoms with Crippen molar-refractivity contribution in [3.63, 3.8) is 0 Å². The third-order valence-electron chi connectivity index (χ3n) is 4.20. The number of Topliss-reactive ketones (excluding diaryl/α,β-unsaturated/α-hetero) is 1. The summed E-state index contributed by atoms with van der Waals surface area (Å²) < 4.78 is 48.1. The fourth-order valence-corrected chi connectivity index (χ4v) is 5.22. The first kappa shape index (κ1) is 19.3. The van der Waals surface area contributed by atoms with Crippen molar-refractivity contribution >= 4 is 23.4 Å². The van der Waals surface area contributed by atoms with Crippen molar-refractivity contribution in [1.29, 1.82) is 0 Å². The lowest BCUT2D eigenvalue weighted by Crippen LogP contribution is -2.40. The minimum absolute atomic E-state index is 0.209. The second-order valence-electron chi connectivity index (χ2n) is 5.59. The van der Waals surface area contributed by atoms with Gasteiger partial charge in [0.2, 0.25) is 10.0 Å². The Morgan fingerprint density at radius 2 is 1.71 bits per heavy atom. The number of piperidine rings is 1. The summed E-state index contributed by atoms with van der Waals surface area (Å²) in [5.41, 5.74) is 0. The lowest BCUT2D eigenvalue weighted by molar-refractivity contribution is -0.121. The molecule has 0 N–H and O–H groups in total. The van der Waals surface area contributed by atoms with E-state index in [1.54, 1.807) is 30.3 Å². The molecule has 0 atom stereocenters. The number of ketones is 1. The highest BCUT2D eigenvalue weighted by molar-refractivity contribution is 7.89. The minimum atomic E-state index is -3.54. The van der Waals surface area contributed by atoms with Crippen molar-refractivity contribution in [2.45, 2.75) is 17.7 Å². The average molecular weight is 375 g/mol. The molecule has 1 aliphatic heterocycles. The molecule has 24 heavy (non-hydrogen) atoms. The lowest BCUT2D eigenvalue weighted by atomic mass is 9.94. The summed E-state index contributed by atoms with van der Waals surface area (Å²) in [5.74, 6) is -0.537. The highest BCUT2D eigenvalue weighted by Crippen LogP contribution is 2.47. The number of nitrogens with zero attached hydrogens (tertiary/aromatic N) is 1. The Labute approximate surface area is 142 Å². The Hall–Kier alpha value is -1.05. The van der Waals surface area contributed by atoms with Crippen LogP contribution in [0.5, 0.6) is 0 Å². The number of carbonyl (C=O) groups excluding carboxylic acids is 1. The Balaban J connectivity index is 1.99. The smallest absolute Gasteiger partial charge is 0.312 e. The van der Waals surface area contributed by atoms with E-state index < -0.39 is 17.6 Å². The topological polar surface area (TPSA) is 90.0 Å². The van der Waals surface area contributed by atoms with Gasteiger partial charge in [-0.25, -0.2) is 8.42 Å². The van der Waals surface area contributed by atoms with Gasteiger partial charge in [-0.05, 0) is 25.0 Å². The lowest BCUT2D eigenvalue weighted by Gasteiger charge is -2.30. The first-order chi connectivity index (χ1) is 11.3. The molecule has 0 saturated carbocycles. The van der Waals surface area contributed by atoms with Crippen LogP contribution < -0.4 is 0 Å². The van der Waals surface area contributed by atoms with E-state index in [1.165, 1.54) is 18.5 Å². The maximum Gasteiger partial charge on any atom is 0.337 e. The molecule has 0 spiro atoms. The molecule has 0 bridgehead atoms. The van der Waals surface area contributed by atoms with Crippen LogP contribution in [0.1, 0.15) is 12.8 Å². The fourth-order valence-electron chi connectivity index (χ4n) is 2.68. The molecule has 1 aromatic rings. The standard InChI is InChI=1S/C15H22NO6PS/c1-21-23(18,22-2)12-15(17)13-8-10-16(11-9-13)24(19,20)14-6-4-3-5-7-14/h3-7,13H,8-12H2,1-2H3. The van der Waals surface area contributed by atoms with Gasteiger partial charge in [-0.1, -0.05) is 18.2 Å². The summed E-state index contributed by atoms with van der Waals surface area (Å²) in [4.78, 5) is 12.5. The SMILES string of the molecule is COP(=O)(CC(=O)C1CCN(S(=O)(=O)c2ccccc2)CC1)OC. The maximum atomic E-state index is 12.5. The van der Waals surface area contributed by atoms with Gasteiger partial charge < -0.3 is 9.05 Å². The second kappa shape index (κ2) is 7.89. The molecule has 0 unspecified atom stereocenters. The molecular weight excluding hydrogens is 353 g/mol. The maximum absolute atomic E-state index is 12.5. The van der Waals surface area contributed by atoms with Gasteiger partial charge in [-0.3, -0.25) is 9.36 Å². The molecule has 1 aromatic carbocycles. The van der Waals surface area contributed by atoms with Gasteiger partial charge in [0, 0.05) is 33.2 Å². The van der Waals surface area contributed by atoms with Crippen LogP contribution in [0.2, 0.25) is 0 Å². The first-order valence-corrected chi connectivity index (χ1v) is 10.8. The molecule has 2 rings (SSSR count). The highest BCUT2D eigenvalue weighted by Gasteiger charge is 2.35. The molecule has 1 fully saturated rings. The van der Waals surface area contributed by atoms with Crippen molar-refractivity contribution in [2.75, 3.05) is 33.5 Å². The van der Waals surface area contributed by atoms with Crippen LogP contribution in [0.25, 0.3) is 0 Å². The molecule has 1 saturated heterocycles. The second-order valence-corrected chi connectivity index (χ2v) is 9.80. The number of hydrogen-bond donors (Lipinski definition) is 0. The predicted octanol–water partition coefficient (Wildman–Crippen LogP) is 2.14. The van der Waals surface area contributed by atoms with Crippen LogP contribution in [0, 0.1) is 5.92 Å². The van der Waals surface area contributed by atoms with Gasteiger partial charge >= 0.3 is 7.60 Å². The summed E-state index contributed by atoms with van der Waals surface area (Å²) in [6.45, 7) is 0.524. The first-order valence-electron chi connectivity index (χ1n) is 7.61. The summed E-state index contributed by atoms with van der Waals surface area (Å²) in [6, 6.07) is 8.22. The molecule has 1 heterocycles. The van der Waals surface area contributed by atoms with E-state index in [-0.39, 0.29) is 35.8 Å². The van der Waals surface area contributed by atoms with Crippen LogP contribution >= 0.6 is 7.60 Å². The van der Waals surface area contributed by atoms with Gasteiger partial charge in [-0.2, -0.15) is 4.31 Å². The van der Waals surface area contributed by atoms with E-state index in [1.807, 2.05) is 0 Å². The van der Waals surface area contributed by atoms with Gasteiger partial charge in [0.25, 0.3) is 0 Å². The van der Waals surface area contributed by atoms with Gasteiger partial charge in [0.15, 0.2) is 0 Å². The Bertz CT molecular complexity index is 705. The molecule has 134 valence electrons. The summed E-state index contributed by atoms with van der Waals surface area (Å²) in [6.07, 6.45) is 0.521. The van der Waals surface area contributed by atoms with Crippen LogP contribution in [-0.2, 0) is 28.4 Å². The fraction of sp³-hybridized carbons (Fsp3) is 0.533. The highest BCUT2D eigenvalue weighted by atomic mass is 32.2. The van der Waals surface area contributed by atoms with E-state index >= 15 is 0 Å². The molecule has 1 aliphatic rings. The molecule has 9 heteroatoms. The monoisotopic (exact) mass is 375 g/mol. The summed E-state index contributed by atoms with van der Waals surface area (Å²) in [5, 5.41) is 0. The van der Waals surface area contributed by atoms with Crippen LogP contribution in [0.3, 0.4) is 0 Å². The summed E-state index contributed by atoms with van der Waals surface area (Å²) >= 11 is 0. The van der Waals surface area contributed by atoms with Crippen molar-refractivity contribution < 1.29 is 26.8 Å². The van der Waals surface area contributed by atoms with E-state index in [0.29, 0.717) is 12.8 Å². The normalized spacial score (nSPS) is 17.8.